The lowest BCUT2D eigenvalue weighted by molar-refractivity contribution is -0.136. The van der Waals surface area contributed by atoms with Crippen molar-refractivity contribution in [1.82, 2.24) is 25.3 Å². The number of unbranched alkanes of at least 4 members (excludes halogenated alkanes) is 2. The van der Waals surface area contributed by atoms with Crippen molar-refractivity contribution in [2.24, 2.45) is 0 Å². The van der Waals surface area contributed by atoms with Crippen LogP contribution in [0.25, 0.3) is 22.2 Å². The monoisotopic (exact) mass is 545 g/mol. The number of oxazole rings is 1. The van der Waals surface area contributed by atoms with Crippen LogP contribution in [0.4, 0.5) is 0 Å². The Kier molecular flexibility index (Phi) is 8.85. The molecule has 1 saturated heterocycles. The maximum Gasteiger partial charge on any atom is 0.263 e. The molecule has 40 heavy (non-hydrogen) atoms. The van der Waals surface area contributed by atoms with Crippen molar-refractivity contribution in [3.63, 3.8) is 0 Å². The Bertz CT molecular complexity index is 1440. The van der Waals surface area contributed by atoms with E-state index in [1.807, 2.05) is 31.2 Å². The van der Waals surface area contributed by atoms with Gasteiger partial charge in [-0.15, -0.1) is 0 Å². The number of imidazole rings is 1. The van der Waals surface area contributed by atoms with E-state index in [0.717, 1.165) is 53.5 Å². The van der Waals surface area contributed by atoms with E-state index >= 15 is 0 Å². The topological polar surface area (TPSA) is 132 Å². The first-order valence-electron chi connectivity index (χ1n) is 13.9. The summed E-state index contributed by atoms with van der Waals surface area (Å²) in [6.45, 7) is 2.56. The van der Waals surface area contributed by atoms with Crippen molar-refractivity contribution in [3.05, 3.63) is 60.3 Å². The number of aromatic nitrogens is 4. The molecule has 0 aliphatic carbocycles. The molecule has 1 fully saturated rings. The summed E-state index contributed by atoms with van der Waals surface area (Å²) in [6.07, 6.45) is 10.2. The van der Waals surface area contributed by atoms with Gasteiger partial charge in [-0.3, -0.25) is 14.6 Å². The van der Waals surface area contributed by atoms with Crippen LogP contribution >= 0.6 is 0 Å². The number of rotatable bonds is 12. The minimum absolute atomic E-state index is 0.102. The zero-order chi connectivity index (χ0) is 27.9. The number of nitrogens with one attached hydrogen (secondary N) is 2. The highest BCUT2D eigenvalue weighted by molar-refractivity contribution is 5.91. The lowest BCUT2D eigenvalue weighted by Crippen LogP contribution is -2.40. The number of hydrogen-bond acceptors (Lipinski definition) is 8. The standard InChI is InChI=1S/C30H35N5O5/c1-19-11-12-20-16-21(27(38-2)17-23(20)33-19)24-18-32-28(34-24)22(35-29(37)26-10-6-7-14-39-26)8-4-3-5-9-25(36)30-31-13-15-40-30/h11-13,15-18,22,26H,3-10,14H2,1-2H3,(H,32,34)(H,35,37)/t22-,26?/m0/s1. The maximum atomic E-state index is 13.1. The number of methoxy groups -OCH3 is 1. The van der Waals surface area contributed by atoms with E-state index in [4.69, 9.17) is 13.9 Å². The van der Waals surface area contributed by atoms with E-state index in [2.05, 4.69) is 25.3 Å². The number of Topliss-reactive ketones (excluding diaryl/α,β-unsaturated/α-hetero) is 1. The molecular formula is C30H35N5O5. The fourth-order valence-corrected chi connectivity index (χ4v) is 5.05. The molecule has 0 spiro atoms. The molecule has 1 amide bonds. The third-order valence-corrected chi connectivity index (χ3v) is 7.22. The quantitative estimate of drug-likeness (QED) is 0.176. The van der Waals surface area contributed by atoms with Crippen LogP contribution in [-0.4, -0.2) is 51.4 Å². The van der Waals surface area contributed by atoms with Gasteiger partial charge in [-0.25, -0.2) is 9.97 Å². The molecule has 1 aliphatic rings. The Morgan fingerprint density at radius 1 is 1.18 bits per heavy atom. The SMILES string of the molecule is COc1cc2nc(C)ccc2cc1-c1cnc([C@H](CCCCCC(=O)c2ncco2)NC(=O)C2CCCCO2)[nH]1. The molecule has 0 saturated carbocycles. The fraction of sp³-hybridized carbons (Fsp3) is 0.433. The lowest BCUT2D eigenvalue weighted by Gasteiger charge is -2.24. The van der Waals surface area contributed by atoms with Crippen LogP contribution in [0, 0.1) is 6.92 Å². The third kappa shape index (κ3) is 6.56. The summed E-state index contributed by atoms with van der Waals surface area (Å²) in [4.78, 5) is 41.9. The number of ether oxygens (including phenoxy) is 2. The summed E-state index contributed by atoms with van der Waals surface area (Å²) < 4.78 is 16.5. The number of aromatic amines is 1. The molecule has 3 aromatic heterocycles. The Balaban J connectivity index is 1.30. The lowest BCUT2D eigenvalue weighted by atomic mass is 10.0. The second-order valence-electron chi connectivity index (χ2n) is 10.2. The molecule has 2 N–H and O–H groups in total. The number of ketones is 1. The largest absolute Gasteiger partial charge is 0.496 e. The van der Waals surface area contributed by atoms with Gasteiger partial charge in [0.1, 0.15) is 23.9 Å². The van der Waals surface area contributed by atoms with Crippen LogP contribution in [0.1, 0.15) is 79.6 Å². The Hall–Kier alpha value is -4.05. The maximum absolute atomic E-state index is 13.1. The molecular weight excluding hydrogens is 510 g/mol. The van der Waals surface area contributed by atoms with Gasteiger partial charge in [0.2, 0.25) is 11.7 Å². The highest BCUT2D eigenvalue weighted by Gasteiger charge is 2.26. The number of nitrogens with zero attached hydrogens (tertiary/aromatic N) is 3. The zero-order valence-electron chi connectivity index (χ0n) is 22.9. The van der Waals surface area contributed by atoms with Gasteiger partial charge in [0.15, 0.2) is 0 Å². The minimum atomic E-state index is -0.444. The fourth-order valence-electron chi connectivity index (χ4n) is 5.05. The van der Waals surface area contributed by atoms with Crippen molar-refractivity contribution >= 4 is 22.6 Å². The Labute approximate surface area is 232 Å². The second kappa shape index (κ2) is 12.9. The van der Waals surface area contributed by atoms with Crippen molar-refractivity contribution in [3.8, 4) is 17.0 Å². The molecule has 10 nitrogen and oxygen atoms in total. The van der Waals surface area contributed by atoms with E-state index in [1.54, 1.807) is 13.3 Å². The van der Waals surface area contributed by atoms with Crippen LogP contribution in [0.2, 0.25) is 0 Å². The number of pyridine rings is 1. The number of aryl methyl sites for hydroxylation is 1. The van der Waals surface area contributed by atoms with Crippen molar-refractivity contribution in [1.29, 1.82) is 0 Å². The molecule has 2 atom stereocenters. The molecule has 1 aromatic carbocycles. The molecule has 0 bridgehead atoms. The molecule has 4 heterocycles. The zero-order valence-corrected chi connectivity index (χ0v) is 22.9. The minimum Gasteiger partial charge on any atom is -0.496 e. The highest BCUT2D eigenvalue weighted by Crippen LogP contribution is 2.34. The van der Waals surface area contributed by atoms with Crippen LogP contribution in [0.3, 0.4) is 0 Å². The normalized spacial score (nSPS) is 16.1. The number of fused-ring (bicyclic) bond motifs is 1. The first-order valence-corrected chi connectivity index (χ1v) is 13.9. The summed E-state index contributed by atoms with van der Waals surface area (Å²) in [7, 11) is 1.64. The van der Waals surface area contributed by atoms with Crippen LogP contribution in [0.15, 0.2) is 47.3 Å². The summed E-state index contributed by atoms with van der Waals surface area (Å²) in [5.41, 5.74) is 3.46. The third-order valence-electron chi connectivity index (χ3n) is 7.22. The highest BCUT2D eigenvalue weighted by atomic mass is 16.5. The van der Waals surface area contributed by atoms with Crippen LogP contribution in [-0.2, 0) is 9.53 Å². The van der Waals surface area contributed by atoms with Gasteiger partial charge in [0.05, 0.1) is 36.8 Å². The molecule has 1 aliphatic heterocycles. The van der Waals surface area contributed by atoms with Gasteiger partial charge >= 0.3 is 0 Å². The molecule has 5 rings (SSSR count). The molecule has 10 heteroatoms. The predicted molar refractivity (Wildman–Crippen MR) is 149 cm³/mol. The van der Waals surface area contributed by atoms with Crippen LogP contribution < -0.4 is 10.1 Å². The molecule has 0 radical (unpaired) electrons. The van der Waals surface area contributed by atoms with Gasteiger partial charge in [-0.2, -0.15) is 0 Å². The van der Waals surface area contributed by atoms with Gasteiger partial charge in [-0.1, -0.05) is 18.9 Å². The van der Waals surface area contributed by atoms with Gasteiger partial charge in [-0.05, 0) is 51.2 Å². The number of carbonyl (C=O) groups excluding carboxylic acids is 2. The number of H-pyrrole nitrogens is 1. The van der Waals surface area contributed by atoms with Crippen LogP contribution in [0.5, 0.6) is 5.75 Å². The molecule has 1 unspecified atom stereocenters. The predicted octanol–water partition coefficient (Wildman–Crippen LogP) is 5.49. The van der Waals surface area contributed by atoms with E-state index in [-0.39, 0.29) is 23.6 Å². The average Bonchev–Trinajstić information content (AvgIpc) is 3.69. The van der Waals surface area contributed by atoms with Gasteiger partial charge in [0, 0.05) is 35.7 Å². The van der Waals surface area contributed by atoms with E-state index in [1.165, 1.54) is 12.5 Å². The smallest absolute Gasteiger partial charge is 0.263 e. The van der Waals surface area contributed by atoms with E-state index in [9.17, 15) is 9.59 Å². The number of hydrogen-bond donors (Lipinski definition) is 2. The molecule has 210 valence electrons. The first kappa shape index (κ1) is 27.5. The number of carbonyl (C=O) groups is 2. The second-order valence-corrected chi connectivity index (χ2v) is 10.2. The first-order chi connectivity index (χ1) is 19.5. The van der Waals surface area contributed by atoms with Gasteiger partial charge < -0.3 is 24.2 Å². The summed E-state index contributed by atoms with van der Waals surface area (Å²) in [5, 5.41) is 4.16. The summed E-state index contributed by atoms with van der Waals surface area (Å²) >= 11 is 0. The summed E-state index contributed by atoms with van der Waals surface area (Å²) in [6, 6.07) is 7.65. The van der Waals surface area contributed by atoms with Crippen molar-refractivity contribution in [2.45, 2.75) is 70.4 Å². The number of amides is 1. The summed E-state index contributed by atoms with van der Waals surface area (Å²) in [5.74, 6) is 1.28. The van der Waals surface area contributed by atoms with E-state index < -0.39 is 6.10 Å². The Morgan fingerprint density at radius 3 is 2.85 bits per heavy atom. The van der Waals surface area contributed by atoms with E-state index in [0.29, 0.717) is 43.9 Å². The number of benzene rings is 1. The molecule has 4 aromatic rings. The van der Waals surface area contributed by atoms with Crippen molar-refractivity contribution in [2.75, 3.05) is 13.7 Å². The Morgan fingerprint density at radius 2 is 2.08 bits per heavy atom. The average molecular weight is 546 g/mol. The van der Waals surface area contributed by atoms with Crippen molar-refractivity contribution < 1.29 is 23.5 Å². The van der Waals surface area contributed by atoms with Gasteiger partial charge in [0.25, 0.3) is 5.89 Å².